The maximum absolute atomic E-state index is 11.6. The highest BCUT2D eigenvalue weighted by Gasteiger charge is 2.42. The molecular weight excluding hydrogens is 242 g/mol. The van der Waals surface area contributed by atoms with Gasteiger partial charge in [0, 0.05) is 31.1 Å². The average Bonchev–Trinajstić information content (AvgIpc) is 2.39. The van der Waals surface area contributed by atoms with Crippen LogP contribution in [0.1, 0.15) is 39.0 Å². The molecule has 4 heteroatoms. The summed E-state index contributed by atoms with van der Waals surface area (Å²) in [5.41, 5.74) is 0.0584. The number of ether oxygens (including phenoxy) is 1. The largest absolute Gasteiger partial charge is 0.463 e. The van der Waals surface area contributed by atoms with Gasteiger partial charge in [0.25, 0.3) is 0 Å². The Hall–Kier alpha value is -0.870. The normalized spacial score (nSPS) is 31.6. The second-order valence-corrected chi connectivity index (χ2v) is 5.86. The van der Waals surface area contributed by atoms with Gasteiger partial charge >= 0.3 is 5.97 Å². The molecule has 0 radical (unpaired) electrons. The average molecular weight is 267 g/mol. The first kappa shape index (κ1) is 14.5. The highest BCUT2D eigenvalue weighted by atomic mass is 16.5. The fourth-order valence-electron chi connectivity index (χ4n) is 3.35. The number of aliphatic hydroxyl groups is 1. The molecule has 1 saturated carbocycles. The molecular formula is C15H25NO3. The molecule has 0 aromatic carbocycles. The van der Waals surface area contributed by atoms with Gasteiger partial charge in [-0.15, -0.1) is 0 Å². The lowest BCUT2D eigenvalue weighted by molar-refractivity contribution is -0.139. The SMILES string of the molecule is C=C(CN1CCC2(O)CCCCC2C1)C(=O)OCC. The van der Waals surface area contributed by atoms with Gasteiger partial charge in [-0.3, -0.25) is 4.90 Å². The Morgan fingerprint density at radius 1 is 1.47 bits per heavy atom. The van der Waals surface area contributed by atoms with E-state index in [1.54, 1.807) is 6.92 Å². The number of carbonyl (C=O) groups excluding carboxylic acids is 1. The first-order valence-corrected chi connectivity index (χ1v) is 7.35. The van der Waals surface area contributed by atoms with E-state index in [0.29, 0.717) is 24.6 Å². The van der Waals surface area contributed by atoms with Gasteiger partial charge in [0.1, 0.15) is 0 Å². The lowest BCUT2D eigenvalue weighted by Gasteiger charge is -2.47. The number of carbonyl (C=O) groups is 1. The number of esters is 1. The first-order valence-electron chi connectivity index (χ1n) is 7.35. The minimum Gasteiger partial charge on any atom is -0.463 e. The van der Waals surface area contributed by atoms with E-state index in [-0.39, 0.29) is 5.97 Å². The van der Waals surface area contributed by atoms with Crippen molar-refractivity contribution in [1.29, 1.82) is 0 Å². The minimum absolute atomic E-state index is 0.299. The Kier molecular flexibility index (Phi) is 4.63. The number of rotatable bonds is 4. The molecule has 1 aliphatic heterocycles. The highest BCUT2D eigenvalue weighted by molar-refractivity contribution is 5.88. The van der Waals surface area contributed by atoms with Crippen molar-refractivity contribution in [3.8, 4) is 0 Å². The summed E-state index contributed by atoms with van der Waals surface area (Å²) in [5.74, 6) is 0.0528. The van der Waals surface area contributed by atoms with Crippen LogP contribution in [0.5, 0.6) is 0 Å². The van der Waals surface area contributed by atoms with Gasteiger partial charge in [0.15, 0.2) is 0 Å². The van der Waals surface area contributed by atoms with Crippen LogP contribution in [-0.2, 0) is 9.53 Å². The van der Waals surface area contributed by atoms with Crippen LogP contribution in [0.15, 0.2) is 12.2 Å². The maximum Gasteiger partial charge on any atom is 0.334 e. The van der Waals surface area contributed by atoms with E-state index in [1.807, 2.05) is 0 Å². The standard InChI is InChI=1S/C15H25NO3/c1-3-19-14(17)12(2)10-16-9-8-15(18)7-5-4-6-13(15)11-16/h13,18H,2-11H2,1H3. The third kappa shape index (κ3) is 3.37. The van der Waals surface area contributed by atoms with Gasteiger partial charge in [0.2, 0.25) is 0 Å². The monoisotopic (exact) mass is 267 g/mol. The second-order valence-electron chi connectivity index (χ2n) is 5.86. The Labute approximate surface area is 115 Å². The van der Waals surface area contributed by atoms with Crippen molar-refractivity contribution >= 4 is 5.97 Å². The topological polar surface area (TPSA) is 49.8 Å². The quantitative estimate of drug-likeness (QED) is 0.622. The van der Waals surface area contributed by atoms with Crippen LogP contribution >= 0.6 is 0 Å². The summed E-state index contributed by atoms with van der Waals surface area (Å²) in [4.78, 5) is 13.8. The molecule has 4 nitrogen and oxygen atoms in total. The molecule has 108 valence electrons. The fourth-order valence-corrected chi connectivity index (χ4v) is 3.35. The predicted molar refractivity (Wildman–Crippen MR) is 73.7 cm³/mol. The molecule has 1 saturated heterocycles. The summed E-state index contributed by atoms with van der Waals surface area (Å²) >= 11 is 0. The van der Waals surface area contributed by atoms with E-state index in [2.05, 4.69) is 11.5 Å². The number of piperidine rings is 1. The van der Waals surface area contributed by atoms with Crippen LogP contribution in [0, 0.1) is 5.92 Å². The molecule has 0 aromatic heterocycles. The van der Waals surface area contributed by atoms with Crippen molar-refractivity contribution in [3.05, 3.63) is 12.2 Å². The summed E-state index contributed by atoms with van der Waals surface area (Å²) in [5, 5.41) is 10.6. The van der Waals surface area contributed by atoms with E-state index in [4.69, 9.17) is 4.74 Å². The minimum atomic E-state index is -0.458. The van der Waals surface area contributed by atoms with Crippen LogP contribution in [0.25, 0.3) is 0 Å². The summed E-state index contributed by atoms with van der Waals surface area (Å²) < 4.78 is 4.96. The number of fused-ring (bicyclic) bond motifs is 1. The fraction of sp³-hybridized carbons (Fsp3) is 0.800. The van der Waals surface area contributed by atoms with Crippen LogP contribution in [0.4, 0.5) is 0 Å². The van der Waals surface area contributed by atoms with Gasteiger partial charge in [-0.2, -0.15) is 0 Å². The molecule has 2 atom stereocenters. The van der Waals surface area contributed by atoms with Crippen molar-refractivity contribution in [3.63, 3.8) is 0 Å². The van der Waals surface area contributed by atoms with E-state index in [1.165, 1.54) is 6.42 Å². The lowest BCUT2D eigenvalue weighted by atomic mass is 9.71. The number of hydrogen-bond donors (Lipinski definition) is 1. The third-order valence-corrected chi connectivity index (χ3v) is 4.49. The van der Waals surface area contributed by atoms with E-state index in [9.17, 15) is 9.90 Å². The highest BCUT2D eigenvalue weighted by Crippen LogP contribution is 2.39. The zero-order valence-corrected chi connectivity index (χ0v) is 11.9. The smallest absolute Gasteiger partial charge is 0.334 e. The third-order valence-electron chi connectivity index (χ3n) is 4.49. The Bertz CT molecular complexity index is 355. The second kappa shape index (κ2) is 6.06. The van der Waals surface area contributed by atoms with Gasteiger partial charge in [-0.25, -0.2) is 4.79 Å². The molecule has 2 aliphatic rings. The zero-order valence-electron chi connectivity index (χ0n) is 11.9. The predicted octanol–water partition coefficient (Wildman–Crippen LogP) is 1.73. The van der Waals surface area contributed by atoms with Crippen molar-refractivity contribution in [1.82, 2.24) is 4.90 Å². The molecule has 2 unspecified atom stereocenters. The summed E-state index contributed by atoms with van der Waals surface area (Å²) in [6.45, 7) is 8.27. The van der Waals surface area contributed by atoms with Gasteiger partial charge in [0.05, 0.1) is 12.2 Å². The van der Waals surface area contributed by atoms with E-state index in [0.717, 1.165) is 38.8 Å². The maximum atomic E-state index is 11.6. The molecule has 2 fully saturated rings. The molecule has 1 heterocycles. The van der Waals surface area contributed by atoms with E-state index < -0.39 is 5.60 Å². The van der Waals surface area contributed by atoms with Crippen molar-refractivity contribution < 1.29 is 14.6 Å². The van der Waals surface area contributed by atoms with Crippen molar-refractivity contribution in [2.75, 3.05) is 26.2 Å². The van der Waals surface area contributed by atoms with Crippen LogP contribution in [0.3, 0.4) is 0 Å². The Balaban J connectivity index is 1.87. The molecule has 0 bridgehead atoms. The Morgan fingerprint density at radius 2 is 2.26 bits per heavy atom. The van der Waals surface area contributed by atoms with Crippen LogP contribution < -0.4 is 0 Å². The van der Waals surface area contributed by atoms with Crippen molar-refractivity contribution in [2.24, 2.45) is 5.92 Å². The number of likely N-dealkylation sites (tertiary alicyclic amines) is 1. The van der Waals surface area contributed by atoms with E-state index >= 15 is 0 Å². The zero-order chi connectivity index (χ0) is 13.9. The van der Waals surface area contributed by atoms with Crippen LogP contribution in [0.2, 0.25) is 0 Å². The summed E-state index contributed by atoms with van der Waals surface area (Å²) in [7, 11) is 0. The lowest BCUT2D eigenvalue weighted by Crippen LogP contribution is -2.53. The van der Waals surface area contributed by atoms with Gasteiger partial charge in [-0.1, -0.05) is 19.4 Å². The molecule has 1 aliphatic carbocycles. The summed E-state index contributed by atoms with van der Waals surface area (Å²) in [6.07, 6.45) is 5.19. The summed E-state index contributed by atoms with van der Waals surface area (Å²) in [6, 6.07) is 0. The van der Waals surface area contributed by atoms with Crippen LogP contribution in [-0.4, -0.2) is 47.8 Å². The number of hydrogen-bond acceptors (Lipinski definition) is 4. The molecule has 0 aromatic rings. The molecule has 19 heavy (non-hydrogen) atoms. The van der Waals surface area contributed by atoms with Gasteiger partial charge in [-0.05, 0) is 26.2 Å². The number of nitrogens with zero attached hydrogens (tertiary/aromatic N) is 1. The van der Waals surface area contributed by atoms with Gasteiger partial charge < -0.3 is 9.84 Å². The van der Waals surface area contributed by atoms with Crippen molar-refractivity contribution in [2.45, 2.75) is 44.6 Å². The molecule has 1 N–H and O–H groups in total. The first-order chi connectivity index (χ1) is 9.05. The Morgan fingerprint density at radius 3 is 3.00 bits per heavy atom. The molecule has 0 amide bonds. The molecule has 0 spiro atoms. The molecule has 2 rings (SSSR count).